The molecule has 190 valence electrons. The van der Waals surface area contributed by atoms with E-state index in [0.29, 0.717) is 46.3 Å². The van der Waals surface area contributed by atoms with Crippen molar-refractivity contribution in [2.75, 3.05) is 41.7 Å². The van der Waals surface area contributed by atoms with Gasteiger partial charge < -0.3 is 15.5 Å². The molecule has 4 rings (SSSR count). The number of benzene rings is 2. The monoisotopic (exact) mass is 538 g/mol. The van der Waals surface area contributed by atoms with Crippen LogP contribution in [0.3, 0.4) is 0 Å². The third-order valence-electron chi connectivity index (χ3n) is 6.90. The average Bonchev–Trinajstić information content (AvgIpc) is 2.82. The molecule has 2 aromatic carbocycles. The zero-order valence-electron chi connectivity index (χ0n) is 20.1. The third kappa shape index (κ3) is 6.23. The Hall–Kier alpha value is -2.00. The fourth-order valence-corrected chi connectivity index (χ4v) is 6.33. The number of anilines is 3. The van der Waals surface area contributed by atoms with Gasteiger partial charge in [-0.05, 0) is 73.9 Å². The molecule has 0 bridgehead atoms. The Morgan fingerprint density at radius 2 is 1.49 bits per heavy atom. The molecule has 2 fully saturated rings. The zero-order chi connectivity index (χ0) is 25.2. The van der Waals surface area contributed by atoms with Crippen LogP contribution in [0.25, 0.3) is 0 Å². The number of nitrogens with zero attached hydrogens (tertiary/aromatic N) is 2. The number of nitrogens with one attached hydrogen (secondary N) is 2. The van der Waals surface area contributed by atoms with Crippen molar-refractivity contribution in [3.05, 3.63) is 46.4 Å². The minimum absolute atomic E-state index is 0.186. The molecule has 0 saturated carbocycles. The Balaban J connectivity index is 1.61. The van der Waals surface area contributed by atoms with Crippen LogP contribution in [0.4, 0.5) is 21.9 Å². The molecule has 2 aliphatic heterocycles. The summed E-state index contributed by atoms with van der Waals surface area (Å²) in [5, 5.41) is 6.35. The van der Waals surface area contributed by atoms with Crippen molar-refractivity contribution in [1.82, 2.24) is 4.31 Å². The number of urea groups is 1. The lowest BCUT2D eigenvalue weighted by atomic mass is 9.98. The molecule has 2 heterocycles. The molecule has 2 aliphatic rings. The lowest BCUT2D eigenvalue weighted by Gasteiger charge is -2.34. The van der Waals surface area contributed by atoms with Gasteiger partial charge in [0.05, 0.1) is 26.3 Å². The van der Waals surface area contributed by atoms with Crippen LogP contribution in [-0.2, 0) is 10.0 Å². The van der Waals surface area contributed by atoms with Crippen molar-refractivity contribution in [1.29, 1.82) is 0 Å². The lowest BCUT2D eigenvalue weighted by molar-refractivity contribution is 0.262. The highest BCUT2D eigenvalue weighted by atomic mass is 35.5. The van der Waals surface area contributed by atoms with Gasteiger partial charge in [-0.3, -0.25) is 0 Å². The maximum Gasteiger partial charge on any atom is 0.323 e. The largest absolute Gasteiger partial charge is 0.370 e. The fourth-order valence-electron chi connectivity index (χ4n) is 4.53. The summed E-state index contributed by atoms with van der Waals surface area (Å²) >= 11 is 12.0. The summed E-state index contributed by atoms with van der Waals surface area (Å²) in [7, 11) is -3.66. The van der Waals surface area contributed by atoms with Crippen LogP contribution in [0.5, 0.6) is 0 Å². The predicted molar refractivity (Wildman–Crippen MR) is 143 cm³/mol. The van der Waals surface area contributed by atoms with E-state index in [1.165, 1.54) is 0 Å². The molecule has 0 spiro atoms. The first-order chi connectivity index (χ1) is 16.6. The lowest BCUT2D eigenvalue weighted by Crippen LogP contribution is -2.38. The second kappa shape index (κ2) is 10.9. The normalized spacial score (nSPS) is 18.5. The maximum atomic E-state index is 13.4. The SMILES string of the molecule is CC1CCN(c2ccc(S(=O)(=O)N3CCC(C)CC3)cc2NC(=O)Nc2ccc(Cl)c(Cl)c2)CC1. The van der Waals surface area contributed by atoms with E-state index in [2.05, 4.69) is 29.4 Å². The van der Waals surface area contributed by atoms with Gasteiger partial charge in [-0.15, -0.1) is 0 Å². The molecule has 2 aromatic rings. The van der Waals surface area contributed by atoms with Gasteiger partial charge in [-0.25, -0.2) is 13.2 Å². The molecule has 2 N–H and O–H groups in total. The molecule has 0 atom stereocenters. The number of halogens is 2. The van der Waals surface area contributed by atoms with Crippen LogP contribution in [0.1, 0.15) is 39.5 Å². The van der Waals surface area contributed by atoms with Gasteiger partial charge >= 0.3 is 6.03 Å². The molecule has 2 amide bonds. The molecular formula is C25H32Cl2N4O3S. The molecule has 0 radical (unpaired) electrons. The Morgan fingerprint density at radius 3 is 2.11 bits per heavy atom. The summed E-state index contributed by atoms with van der Waals surface area (Å²) in [6.45, 7) is 7.09. The van der Waals surface area contributed by atoms with E-state index in [1.54, 1.807) is 34.6 Å². The highest BCUT2D eigenvalue weighted by Crippen LogP contribution is 2.34. The summed E-state index contributed by atoms with van der Waals surface area (Å²) in [6.07, 6.45) is 3.78. The van der Waals surface area contributed by atoms with Gasteiger partial charge in [0.1, 0.15) is 0 Å². The number of piperidine rings is 2. The number of carbonyl (C=O) groups excluding carboxylic acids is 1. The molecule has 7 nitrogen and oxygen atoms in total. The summed E-state index contributed by atoms with van der Waals surface area (Å²) in [4.78, 5) is 15.3. The quantitative estimate of drug-likeness (QED) is 0.468. The number of hydrogen-bond acceptors (Lipinski definition) is 4. The standard InChI is InChI=1S/C25H32Cl2N4O3S/c1-17-7-11-30(12-8-17)24-6-4-20(35(33,34)31-13-9-18(2)10-14-31)16-23(24)29-25(32)28-19-3-5-21(26)22(27)15-19/h3-6,15-18H,7-14H2,1-2H3,(H2,28,29,32). The Labute approximate surface area is 217 Å². The molecule has 0 aromatic heterocycles. The van der Waals surface area contributed by atoms with E-state index in [0.717, 1.165) is 44.5 Å². The van der Waals surface area contributed by atoms with Crippen LogP contribution in [0, 0.1) is 11.8 Å². The van der Waals surface area contributed by atoms with E-state index < -0.39 is 16.1 Å². The van der Waals surface area contributed by atoms with Gasteiger partial charge in [-0.2, -0.15) is 4.31 Å². The van der Waals surface area contributed by atoms with Crippen LogP contribution >= 0.6 is 23.2 Å². The molecule has 0 unspecified atom stereocenters. The van der Waals surface area contributed by atoms with E-state index in [4.69, 9.17) is 23.2 Å². The summed E-state index contributed by atoms with van der Waals surface area (Å²) in [5.74, 6) is 1.16. The molecule has 35 heavy (non-hydrogen) atoms. The highest BCUT2D eigenvalue weighted by Gasteiger charge is 2.29. The summed E-state index contributed by atoms with van der Waals surface area (Å²) in [5.41, 5.74) is 1.76. The van der Waals surface area contributed by atoms with Gasteiger partial charge in [0.25, 0.3) is 0 Å². The predicted octanol–water partition coefficient (Wildman–Crippen LogP) is 6.29. The van der Waals surface area contributed by atoms with E-state index >= 15 is 0 Å². The minimum Gasteiger partial charge on any atom is -0.370 e. The number of hydrogen-bond donors (Lipinski definition) is 2. The molecular weight excluding hydrogens is 507 g/mol. The second-order valence-corrected chi connectivity index (χ2v) is 12.4. The molecule has 10 heteroatoms. The first kappa shape index (κ1) is 26.1. The first-order valence-corrected chi connectivity index (χ1v) is 14.3. The van der Waals surface area contributed by atoms with Crippen LogP contribution in [0.15, 0.2) is 41.3 Å². The van der Waals surface area contributed by atoms with E-state index in [9.17, 15) is 13.2 Å². The maximum absolute atomic E-state index is 13.4. The van der Waals surface area contributed by atoms with Crippen molar-refractivity contribution in [2.24, 2.45) is 11.8 Å². The van der Waals surface area contributed by atoms with Crippen molar-refractivity contribution in [3.63, 3.8) is 0 Å². The summed E-state index contributed by atoms with van der Waals surface area (Å²) in [6, 6.07) is 9.37. The van der Waals surface area contributed by atoms with Crippen molar-refractivity contribution in [3.8, 4) is 0 Å². The van der Waals surface area contributed by atoms with Crippen LogP contribution < -0.4 is 15.5 Å². The van der Waals surface area contributed by atoms with Crippen molar-refractivity contribution < 1.29 is 13.2 Å². The van der Waals surface area contributed by atoms with E-state index in [-0.39, 0.29) is 4.90 Å². The minimum atomic E-state index is -3.66. The number of rotatable bonds is 5. The smallest absolute Gasteiger partial charge is 0.323 e. The third-order valence-corrected chi connectivity index (χ3v) is 9.53. The van der Waals surface area contributed by atoms with Gasteiger partial charge in [-0.1, -0.05) is 37.0 Å². The highest BCUT2D eigenvalue weighted by molar-refractivity contribution is 7.89. The van der Waals surface area contributed by atoms with Crippen LogP contribution in [0.2, 0.25) is 10.0 Å². The van der Waals surface area contributed by atoms with Gasteiger partial charge in [0, 0.05) is 31.9 Å². The summed E-state index contributed by atoms with van der Waals surface area (Å²) < 4.78 is 28.3. The number of sulfonamides is 1. The number of carbonyl (C=O) groups is 1. The fraction of sp³-hybridized carbons (Fsp3) is 0.480. The Morgan fingerprint density at radius 1 is 0.857 bits per heavy atom. The number of amides is 2. The van der Waals surface area contributed by atoms with Gasteiger partial charge in [0.2, 0.25) is 10.0 Å². The molecule has 2 saturated heterocycles. The van der Waals surface area contributed by atoms with Crippen molar-refractivity contribution >= 4 is 56.3 Å². The van der Waals surface area contributed by atoms with E-state index in [1.807, 2.05) is 6.07 Å². The average molecular weight is 540 g/mol. The molecule has 0 aliphatic carbocycles. The first-order valence-electron chi connectivity index (χ1n) is 12.1. The Bertz CT molecular complexity index is 1180. The zero-order valence-corrected chi connectivity index (χ0v) is 22.4. The van der Waals surface area contributed by atoms with Gasteiger partial charge in [0.15, 0.2) is 0 Å². The second-order valence-electron chi connectivity index (χ2n) is 9.64. The van der Waals surface area contributed by atoms with Crippen LogP contribution in [-0.4, -0.2) is 44.9 Å². The Kier molecular flexibility index (Phi) is 8.16. The van der Waals surface area contributed by atoms with Crippen molar-refractivity contribution in [2.45, 2.75) is 44.4 Å². The topological polar surface area (TPSA) is 81.8 Å².